The van der Waals surface area contributed by atoms with Gasteiger partial charge in [-0.1, -0.05) is 18.2 Å². The van der Waals surface area contributed by atoms with Crippen molar-refractivity contribution in [1.82, 2.24) is 19.8 Å². The number of anilines is 1. The lowest BCUT2D eigenvalue weighted by Crippen LogP contribution is -2.40. The van der Waals surface area contributed by atoms with Gasteiger partial charge in [0.05, 0.1) is 12.2 Å². The molecule has 1 aromatic carbocycles. The number of carbonyl (C=O) groups excluding carboxylic acids is 2. The zero-order valence-electron chi connectivity index (χ0n) is 18.1. The van der Waals surface area contributed by atoms with Crippen LogP contribution in [-0.2, 0) is 22.6 Å². The molecule has 0 spiro atoms. The van der Waals surface area contributed by atoms with E-state index in [2.05, 4.69) is 5.32 Å². The number of piperidine rings is 1. The van der Waals surface area contributed by atoms with Crippen LogP contribution in [0.3, 0.4) is 0 Å². The Morgan fingerprint density at radius 1 is 1.10 bits per heavy atom. The molecule has 1 N–H and O–H groups in total. The summed E-state index contributed by atoms with van der Waals surface area (Å²) in [6.45, 7) is 4.23. The summed E-state index contributed by atoms with van der Waals surface area (Å²) in [5.41, 5.74) is 1.99. The predicted octanol–water partition coefficient (Wildman–Crippen LogP) is 2.21. The van der Waals surface area contributed by atoms with Crippen molar-refractivity contribution in [1.29, 1.82) is 0 Å². The first-order valence-electron chi connectivity index (χ1n) is 10.8. The molecule has 8 nitrogen and oxygen atoms in total. The second-order valence-electron chi connectivity index (χ2n) is 8.05. The van der Waals surface area contributed by atoms with Crippen molar-refractivity contribution in [2.75, 3.05) is 38.6 Å². The second-order valence-corrected chi connectivity index (χ2v) is 8.05. The van der Waals surface area contributed by atoms with Crippen LogP contribution in [0.5, 0.6) is 5.75 Å². The summed E-state index contributed by atoms with van der Waals surface area (Å²) in [7, 11) is 1.85. The lowest BCUT2D eigenvalue weighted by molar-refractivity contribution is -0.134. The van der Waals surface area contributed by atoms with E-state index in [1.165, 1.54) is 0 Å². The summed E-state index contributed by atoms with van der Waals surface area (Å²) < 4.78 is 5.62. The van der Waals surface area contributed by atoms with E-state index < -0.39 is 0 Å². The van der Waals surface area contributed by atoms with Gasteiger partial charge in [-0.05, 0) is 25.0 Å². The lowest BCUT2D eigenvalue weighted by Gasteiger charge is -2.32. The Balaban J connectivity index is 1.43. The lowest BCUT2D eigenvalue weighted by atomic mass is 9.95. The quantitative estimate of drug-likeness (QED) is 0.793. The zero-order chi connectivity index (χ0) is 21.8. The SMILES string of the molecule is CNc1nc(C2CCN(C(C)=O)CC2)nc2c1CN(C(=O)COc1ccccc1)CC2. The highest BCUT2D eigenvalue weighted by Crippen LogP contribution is 2.30. The molecular weight excluding hydrogens is 394 g/mol. The van der Waals surface area contributed by atoms with Crippen molar-refractivity contribution in [3.8, 4) is 5.75 Å². The normalized spacial score (nSPS) is 16.6. The van der Waals surface area contributed by atoms with Gasteiger partial charge in [-0.2, -0.15) is 0 Å². The van der Waals surface area contributed by atoms with Gasteiger partial charge in [-0.15, -0.1) is 0 Å². The Kier molecular flexibility index (Phi) is 6.34. The van der Waals surface area contributed by atoms with Crippen LogP contribution in [0.2, 0.25) is 0 Å². The number of hydrogen-bond donors (Lipinski definition) is 1. The molecule has 164 valence electrons. The molecule has 31 heavy (non-hydrogen) atoms. The molecule has 0 unspecified atom stereocenters. The van der Waals surface area contributed by atoms with Crippen LogP contribution >= 0.6 is 0 Å². The van der Waals surface area contributed by atoms with Crippen molar-refractivity contribution in [3.05, 3.63) is 47.4 Å². The number of likely N-dealkylation sites (tertiary alicyclic amines) is 1. The number of para-hydroxylation sites is 1. The molecule has 2 amide bonds. The van der Waals surface area contributed by atoms with E-state index in [9.17, 15) is 9.59 Å². The summed E-state index contributed by atoms with van der Waals surface area (Å²) in [5, 5.41) is 3.19. The minimum Gasteiger partial charge on any atom is -0.484 e. The maximum atomic E-state index is 12.7. The Morgan fingerprint density at radius 2 is 1.84 bits per heavy atom. The molecule has 2 aromatic rings. The van der Waals surface area contributed by atoms with E-state index in [4.69, 9.17) is 14.7 Å². The van der Waals surface area contributed by atoms with Crippen molar-refractivity contribution in [2.24, 2.45) is 0 Å². The van der Waals surface area contributed by atoms with Gasteiger partial charge in [-0.25, -0.2) is 9.97 Å². The molecule has 0 saturated carbocycles. The van der Waals surface area contributed by atoms with Crippen LogP contribution in [0, 0.1) is 0 Å². The maximum absolute atomic E-state index is 12.7. The maximum Gasteiger partial charge on any atom is 0.260 e. The van der Waals surface area contributed by atoms with Crippen LogP contribution in [0.15, 0.2) is 30.3 Å². The molecule has 1 aromatic heterocycles. The molecule has 1 saturated heterocycles. The standard InChI is InChI=1S/C23H29N5O3/c1-16(29)27-11-8-17(9-12-27)22-25-20-10-13-28(14-19(20)23(24-2)26-22)21(30)15-31-18-6-4-3-5-7-18/h3-7,17H,8-15H2,1-2H3,(H,24,25,26). The number of aromatic nitrogens is 2. The van der Waals surface area contributed by atoms with E-state index in [1.54, 1.807) is 11.8 Å². The molecule has 4 rings (SSSR count). The number of amides is 2. The number of nitrogens with zero attached hydrogens (tertiary/aromatic N) is 4. The van der Waals surface area contributed by atoms with E-state index in [1.807, 2.05) is 42.3 Å². The third-order valence-corrected chi connectivity index (χ3v) is 6.08. The van der Waals surface area contributed by atoms with Gasteiger partial charge in [0, 0.05) is 51.5 Å². The summed E-state index contributed by atoms with van der Waals surface area (Å²) in [6.07, 6.45) is 2.45. The van der Waals surface area contributed by atoms with Crippen molar-refractivity contribution < 1.29 is 14.3 Å². The van der Waals surface area contributed by atoms with E-state index in [0.717, 1.165) is 48.8 Å². The van der Waals surface area contributed by atoms with Crippen LogP contribution in [0.4, 0.5) is 5.82 Å². The Morgan fingerprint density at radius 3 is 2.52 bits per heavy atom. The fourth-order valence-corrected chi connectivity index (χ4v) is 4.24. The zero-order valence-corrected chi connectivity index (χ0v) is 18.1. The van der Waals surface area contributed by atoms with Gasteiger partial charge >= 0.3 is 0 Å². The van der Waals surface area contributed by atoms with Crippen LogP contribution in [0.25, 0.3) is 0 Å². The van der Waals surface area contributed by atoms with Crippen molar-refractivity contribution >= 4 is 17.6 Å². The second kappa shape index (κ2) is 9.32. The third kappa shape index (κ3) is 4.78. The molecule has 3 heterocycles. The van der Waals surface area contributed by atoms with Gasteiger partial charge in [0.25, 0.3) is 5.91 Å². The fraction of sp³-hybridized carbons (Fsp3) is 0.478. The predicted molar refractivity (Wildman–Crippen MR) is 117 cm³/mol. The molecule has 2 aliphatic rings. The van der Waals surface area contributed by atoms with Gasteiger partial charge in [0.2, 0.25) is 5.91 Å². The minimum absolute atomic E-state index is 0.0158. The topological polar surface area (TPSA) is 87.7 Å². The smallest absolute Gasteiger partial charge is 0.260 e. The van der Waals surface area contributed by atoms with E-state index in [0.29, 0.717) is 25.3 Å². The number of fused-ring (bicyclic) bond motifs is 1. The first-order valence-corrected chi connectivity index (χ1v) is 10.8. The van der Waals surface area contributed by atoms with Crippen LogP contribution in [-0.4, -0.2) is 64.9 Å². The molecule has 8 heteroatoms. The number of benzene rings is 1. The molecular formula is C23H29N5O3. The largest absolute Gasteiger partial charge is 0.484 e. The molecule has 1 fully saturated rings. The summed E-state index contributed by atoms with van der Waals surface area (Å²) >= 11 is 0. The molecule has 0 bridgehead atoms. The average Bonchev–Trinajstić information content (AvgIpc) is 2.82. The Labute approximate surface area is 182 Å². The van der Waals surface area contributed by atoms with Gasteiger partial charge in [0.15, 0.2) is 6.61 Å². The van der Waals surface area contributed by atoms with Crippen LogP contribution in [0.1, 0.15) is 42.8 Å². The summed E-state index contributed by atoms with van der Waals surface area (Å²) in [5.74, 6) is 2.66. The number of hydrogen-bond acceptors (Lipinski definition) is 6. The van der Waals surface area contributed by atoms with Crippen molar-refractivity contribution in [3.63, 3.8) is 0 Å². The number of carbonyl (C=O) groups is 2. The fourth-order valence-electron chi connectivity index (χ4n) is 4.24. The van der Waals surface area contributed by atoms with E-state index in [-0.39, 0.29) is 24.3 Å². The first-order chi connectivity index (χ1) is 15.0. The molecule has 0 radical (unpaired) electrons. The van der Waals surface area contributed by atoms with E-state index >= 15 is 0 Å². The third-order valence-electron chi connectivity index (χ3n) is 6.08. The molecule has 0 aliphatic carbocycles. The summed E-state index contributed by atoms with van der Waals surface area (Å²) in [4.78, 5) is 37.6. The highest BCUT2D eigenvalue weighted by atomic mass is 16.5. The number of ether oxygens (including phenoxy) is 1. The Bertz CT molecular complexity index is 924. The minimum atomic E-state index is -0.0442. The van der Waals surface area contributed by atoms with Crippen molar-refractivity contribution in [2.45, 2.75) is 38.6 Å². The number of nitrogens with one attached hydrogen (secondary N) is 1. The van der Waals surface area contributed by atoms with Crippen LogP contribution < -0.4 is 10.1 Å². The highest BCUT2D eigenvalue weighted by molar-refractivity contribution is 5.78. The van der Waals surface area contributed by atoms with Gasteiger partial charge < -0.3 is 19.9 Å². The molecule has 0 atom stereocenters. The Hall–Kier alpha value is -3.16. The molecule has 2 aliphatic heterocycles. The van der Waals surface area contributed by atoms with Gasteiger partial charge in [-0.3, -0.25) is 9.59 Å². The summed E-state index contributed by atoms with van der Waals surface area (Å²) in [6, 6.07) is 9.36. The first kappa shape index (κ1) is 21.1. The number of rotatable bonds is 5. The monoisotopic (exact) mass is 423 g/mol. The highest BCUT2D eigenvalue weighted by Gasteiger charge is 2.29. The van der Waals surface area contributed by atoms with Gasteiger partial charge in [0.1, 0.15) is 17.4 Å². The average molecular weight is 424 g/mol.